The highest BCUT2D eigenvalue weighted by atomic mass is 127. The molecule has 0 bridgehead atoms. The molecule has 0 saturated carbocycles. The topological polar surface area (TPSA) is 69.2 Å². The highest BCUT2D eigenvalue weighted by molar-refractivity contribution is 14.0. The van der Waals surface area contributed by atoms with E-state index in [1.165, 1.54) is 11.1 Å². The summed E-state index contributed by atoms with van der Waals surface area (Å²) in [6, 6.07) is 8.83. The summed E-state index contributed by atoms with van der Waals surface area (Å²) in [7, 11) is 1.71. The Morgan fingerprint density at radius 2 is 1.74 bits per heavy atom. The lowest BCUT2D eigenvalue weighted by molar-refractivity contribution is -0.121. The van der Waals surface area contributed by atoms with Crippen LogP contribution in [0.25, 0.3) is 0 Å². The number of carbonyl (C=O) groups excluding carboxylic acids is 1. The van der Waals surface area contributed by atoms with Gasteiger partial charge < -0.3 is 20.3 Å². The number of likely N-dealkylation sites (tertiary alicyclic amines) is 1. The fraction of sp³-hybridized carbons (Fsp3) is 0.652. The minimum atomic E-state index is 0. The Morgan fingerprint density at radius 3 is 2.35 bits per heavy atom. The van der Waals surface area contributed by atoms with Gasteiger partial charge in [-0.15, -0.1) is 24.0 Å². The van der Waals surface area contributed by atoms with Crippen molar-refractivity contribution in [1.29, 1.82) is 0 Å². The molecule has 2 N–H and O–H groups in total. The third-order valence-corrected chi connectivity index (χ3v) is 5.95. The van der Waals surface area contributed by atoms with Gasteiger partial charge in [0.1, 0.15) is 0 Å². The van der Waals surface area contributed by atoms with Gasteiger partial charge in [0.25, 0.3) is 0 Å². The van der Waals surface area contributed by atoms with E-state index in [4.69, 9.17) is 9.73 Å². The average Bonchev–Trinajstić information content (AvgIpc) is 2.79. The molecule has 1 aromatic carbocycles. The second-order valence-electron chi connectivity index (χ2n) is 8.18. The van der Waals surface area contributed by atoms with Crippen molar-refractivity contribution in [3.8, 4) is 0 Å². The summed E-state index contributed by atoms with van der Waals surface area (Å²) >= 11 is 0. The molecule has 0 radical (unpaired) electrons. The normalized spacial score (nSPS) is 18.4. The number of halogens is 1. The van der Waals surface area contributed by atoms with E-state index in [1.807, 2.05) is 0 Å². The zero-order valence-corrected chi connectivity index (χ0v) is 21.3. The first-order chi connectivity index (χ1) is 14.7. The number of rotatable bonds is 7. The van der Waals surface area contributed by atoms with Crippen LogP contribution in [0, 0.1) is 5.92 Å². The quantitative estimate of drug-likeness (QED) is 0.314. The summed E-state index contributed by atoms with van der Waals surface area (Å²) in [6.07, 6.45) is 2.71. The van der Waals surface area contributed by atoms with Gasteiger partial charge in [-0.25, -0.2) is 4.99 Å². The third kappa shape index (κ3) is 8.57. The van der Waals surface area contributed by atoms with Crippen molar-refractivity contribution in [2.45, 2.75) is 39.3 Å². The number of ether oxygens (including phenoxy) is 1. The average molecular weight is 543 g/mol. The standard InChI is InChI=1S/C23H37N5O2.HI/c1-3-25-23(28-10-8-19(9-11-28)16-22(29)24-2)26-17-20-4-6-21(7-5-20)18-27-12-14-30-15-13-27;/h4-7,19H,3,8-18H2,1-2H3,(H,24,29)(H,25,26);1H. The fourth-order valence-electron chi connectivity index (χ4n) is 4.07. The number of hydrogen-bond acceptors (Lipinski definition) is 4. The van der Waals surface area contributed by atoms with E-state index < -0.39 is 0 Å². The number of hydrogen-bond donors (Lipinski definition) is 2. The minimum Gasteiger partial charge on any atom is -0.379 e. The van der Waals surface area contributed by atoms with Crippen molar-refractivity contribution < 1.29 is 9.53 Å². The Morgan fingerprint density at radius 1 is 1.10 bits per heavy atom. The Labute approximate surface area is 204 Å². The molecule has 31 heavy (non-hydrogen) atoms. The predicted octanol–water partition coefficient (Wildman–Crippen LogP) is 2.45. The van der Waals surface area contributed by atoms with Gasteiger partial charge in [0.05, 0.1) is 19.8 Å². The van der Waals surface area contributed by atoms with Crippen LogP contribution in [-0.2, 0) is 22.6 Å². The van der Waals surface area contributed by atoms with Gasteiger partial charge in [-0.1, -0.05) is 24.3 Å². The van der Waals surface area contributed by atoms with Crippen molar-refractivity contribution in [3.63, 3.8) is 0 Å². The molecule has 2 fully saturated rings. The van der Waals surface area contributed by atoms with E-state index >= 15 is 0 Å². The molecule has 0 atom stereocenters. The molecule has 2 aliphatic rings. The molecule has 7 nitrogen and oxygen atoms in total. The molecule has 174 valence electrons. The van der Waals surface area contributed by atoms with Gasteiger partial charge in [-0.3, -0.25) is 9.69 Å². The molecule has 2 saturated heterocycles. The summed E-state index contributed by atoms with van der Waals surface area (Å²) in [4.78, 5) is 21.3. The van der Waals surface area contributed by atoms with E-state index in [9.17, 15) is 4.79 Å². The Bertz CT molecular complexity index is 684. The van der Waals surface area contributed by atoms with E-state index in [0.717, 1.165) is 71.3 Å². The van der Waals surface area contributed by atoms with Gasteiger partial charge in [0, 0.05) is 52.7 Å². The smallest absolute Gasteiger partial charge is 0.220 e. The van der Waals surface area contributed by atoms with Crippen LogP contribution in [0.1, 0.15) is 37.3 Å². The molecular weight excluding hydrogens is 505 g/mol. The molecule has 2 aliphatic heterocycles. The van der Waals surface area contributed by atoms with Crippen LogP contribution in [0.15, 0.2) is 29.3 Å². The maximum atomic E-state index is 11.6. The summed E-state index contributed by atoms with van der Waals surface area (Å²) in [5, 5.41) is 6.17. The largest absolute Gasteiger partial charge is 0.379 e. The van der Waals surface area contributed by atoms with Gasteiger partial charge in [0.15, 0.2) is 5.96 Å². The zero-order chi connectivity index (χ0) is 21.2. The highest BCUT2D eigenvalue weighted by Gasteiger charge is 2.23. The van der Waals surface area contributed by atoms with E-state index in [2.05, 4.69) is 51.6 Å². The molecular formula is C23H38IN5O2. The van der Waals surface area contributed by atoms with Crippen molar-refractivity contribution in [3.05, 3.63) is 35.4 Å². The first kappa shape index (κ1) is 25.9. The molecule has 0 unspecified atom stereocenters. The van der Waals surface area contributed by atoms with Crippen LogP contribution in [0.4, 0.5) is 0 Å². The predicted molar refractivity (Wildman–Crippen MR) is 136 cm³/mol. The molecule has 2 heterocycles. The van der Waals surface area contributed by atoms with Crippen LogP contribution in [0.2, 0.25) is 0 Å². The molecule has 1 amide bonds. The summed E-state index contributed by atoms with van der Waals surface area (Å²) < 4.78 is 5.42. The summed E-state index contributed by atoms with van der Waals surface area (Å²) in [5.41, 5.74) is 2.57. The molecule has 0 spiro atoms. The monoisotopic (exact) mass is 543 g/mol. The fourth-order valence-corrected chi connectivity index (χ4v) is 4.07. The lowest BCUT2D eigenvalue weighted by Gasteiger charge is -2.34. The van der Waals surface area contributed by atoms with Crippen LogP contribution in [0.3, 0.4) is 0 Å². The van der Waals surface area contributed by atoms with Crippen LogP contribution in [0.5, 0.6) is 0 Å². The van der Waals surface area contributed by atoms with Gasteiger partial charge >= 0.3 is 0 Å². The van der Waals surface area contributed by atoms with Crippen molar-refractivity contribution in [2.24, 2.45) is 10.9 Å². The van der Waals surface area contributed by atoms with Gasteiger partial charge in [-0.2, -0.15) is 0 Å². The summed E-state index contributed by atoms with van der Waals surface area (Å²) in [5.74, 6) is 1.60. The Hall–Kier alpha value is -1.39. The second kappa shape index (κ2) is 13.9. The first-order valence-corrected chi connectivity index (χ1v) is 11.3. The zero-order valence-electron chi connectivity index (χ0n) is 18.9. The van der Waals surface area contributed by atoms with Crippen molar-refractivity contribution in [1.82, 2.24) is 20.4 Å². The van der Waals surface area contributed by atoms with Crippen molar-refractivity contribution in [2.75, 3.05) is 53.0 Å². The highest BCUT2D eigenvalue weighted by Crippen LogP contribution is 2.20. The second-order valence-corrected chi connectivity index (χ2v) is 8.18. The molecule has 0 aromatic heterocycles. The molecule has 1 aromatic rings. The van der Waals surface area contributed by atoms with Crippen LogP contribution in [-0.4, -0.2) is 74.7 Å². The molecule has 3 rings (SSSR count). The first-order valence-electron chi connectivity index (χ1n) is 11.3. The lowest BCUT2D eigenvalue weighted by Crippen LogP contribution is -2.46. The van der Waals surface area contributed by atoms with E-state index in [-0.39, 0.29) is 29.9 Å². The number of piperidine rings is 1. The van der Waals surface area contributed by atoms with Crippen molar-refractivity contribution >= 4 is 35.8 Å². The number of nitrogens with zero attached hydrogens (tertiary/aromatic N) is 3. The number of aliphatic imine (C=N–C) groups is 1. The van der Waals surface area contributed by atoms with Crippen LogP contribution < -0.4 is 10.6 Å². The Balaban J connectivity index is 0.00000341. The maximum absolute atomic E-state index is 11.6. The van der Waals surface area contributed by atoms with E-state index in [1.54, 1.807) is 7.05 Å². The minimum absolute atomic E-state index is 0. The summed E-state index contributed by atoms with van der Waals surface area (Å²) in [6.45, 7) is 10.2. The van der Waals surface area contributed by atoms with Gasteiger partial charge in [-0.05, 0) is 36.8 Å². The lowest BCUT2D eigenvalue weighted by atomic mass is 9.93. The number of benzene rings is 1. The SMILES string of the molecule is CCNC(=NCc1ccc(CN2CCOCC2)cc1)N1CCC(CC(=O)NC)CC1.I. The van der Waals surface area contributed by atoms with E-state index in [0.29, 0.717) is 18.9 Å². The number of nitrogens with one attached hydrogen (secondary N) is 2. The van der Waals surface area contributed by atoms with Gasteiger partial charge in [0.2, 0.25) is 5.91 Å². The molecule has 0 aliphatic carbocycles. The number of carbonyl (C=O) groups is 1. The Kier molecular flexibility index (Phi) is 11.6. The molecule has 8 heteroatoms. The maximum Gasteiger partial charge on any atom is 0.220 e. The number of morpholine rings is 1. The number of guanidine groups is 1. The third-order valence-electron chi connectivity index (χ3n) is 5.95. The number of amides is 1. The van der Waals surface area contributed by atoms with Crippen LogP contribution >= 0.6 is 24.0 Å².